The van der Waals surface area contributed by atoms with Crippen LogP contribution < -0.4 is 0 Å². The van der Waals surface area contributed by atoms with Gasteiger partial charge in [-0.05, 0) is 23.3 Å². The highest BCUT2D eigenvalue weighted by Crippen LogP contribution is 2.34. The fourth-order valence-corrected chi connectivity index (χ4v) is 3.04. The lowest BCUT2D eigenvalue weighted by Crippen LogP contribution is -2.47. The molecule has 0 saturated heterocycles. The van der Waals surface area contributed by atoms with Gasteiger partial charge in [0.1, 0.15) is 6.10 Å². The number of carboxylic acid groups (broad SMARTS) is 1. The van der Waals surface area contributed by atoms with Crippen molar-refractivity contribution in [1.82, 2.24) is 0 Å². The minimum atomic E-state index is -2.28. The SMILES string of the molecule is O=C(c1ccccc1)c1cccc(C2=C[C@@](O)(C(=O)O)C[C@@H](O)[C@@H]2O)c1. The molecule has 6 heteroatoms. The van der Waals surface area contributed by atoms with E-state index in [4.69, 9.17) is 0 Å². The molecule has 0 unspecified atom stereocenters. The lowest BCUT2D eigenvalue weighted by atomic mass is 9.80. The van der Waals surface area contributed by atoms with Crippen LogP contribution in [0.3, 0.4) is 0 Å². The second-order valence-corrected chi connectivity index (χ2v) is 6.32. The molecule has 2 aromatic rings. The van der Waals surface area contributed by atoms with Crippen LogP contribution in [0.25, 0.3) is 5.57 Å². The third-order valence-corrected chi connectivity index (χ3v) is 4.46. The number of aliphatic hydroxyl groups excluding tert-OH is 2. The van der Waals surface area contributed by atoms with E-state index in [-0.39, 0.29) is 11.4 Å². The van der Waals surface area contributed by atoms with E-state index in [2.05, 4.69) is 0 Å². The molecule has 0 amide bonds. The Morgan fingerprint density at radius 2 is 1.62 bits per heavy atom. The van der Waals surface area contributed by atoms with E-state index in [9.17, 15) is 30.0 Å². The predicted octanol–water partition coefficient (Wildman–Crippen LogP) is 1.24. The van der Waals surface area contributed by atoms with Gasteiger partial charge in [-0.15, -0.1) is 0 Å². The molecule has 0 spiro atoms. The van der Waals surface area contributed by atoms with Crippen LogP contribution in [0.1, 0.15) is 27.9 Å². The number of hydrogen-bond donors (Lipinski definition) is 4. The fraction of sp³-hybridized carbons (Fsp3) is 0.200. The Balaban J connectivity index is 2.03. The second kappa shape index (κ2) is 6.84. The van der Waals surface area contributed by atoms with Gasteiger partial charge in [0.2, 0.25) is 0 Å². The Bertz CT molecular complexity index is 873. The maximum Gasteiger partial charge on any atom is 0.339 e. The van der Waals surface area contributed by atoms with E-state index >= 15 is 0 Å². The molecule has 0 bridgehead atoms. The molecule has 0 saturated carbocycles. The summed E-state index contributed by atoms with van der Waals surface area (Å²) < 4.78 is 0. The van der Waals surface area contributed by atoms with Crippen molar-refractivity contribution in [3.05, 3.63) is 77.4 Å². The molecule has 6 nitrogen and oxygen atoms in total. The zero-order valence-corrected chi connectivity index (χ0v) is 13.7. The van der Waals surface area contributed by atoms with Crippen LogP contribution in [0.2, 0.25) is 0 Å². The minimum absolute atomic E-state index is 0.0661. The van der Waals surface area contributed by atoms with Crippen molar-refractivity contribution in [2.75, 3.05) is 0 Å². The molecule has 4 N–H and O–H groups in total. The monoisotopic (exact) mass is 354 g/mol. The number of carbonyl (C=O) groups is 2. The summed E-state index contributed by atoms with van der Waals surface area (Å²) in [7, 11) is 0. The average molecular weight is 354 g/mol. The summed E-state index contributed by atoms with van der Waals surface area (Å²) in [6.07, 6.45) is -2.30. The predicted molar refractivity (Wildman–Crippen MR) is 93.5 cm³/mol. The quantitative estimate of drug-likeness (QED) is 0.614. The highest BCUT2D eigenvalue weighted by atomic mass is 16.4. The number of hydrogen-bond acceptors (Lipinski definition) is 5. The van der Waals surface area contributed by atoms with Gasteiger partial charge in [-0.2, -0.15) is 0 Å². The van der Waals surface area contributed by atoms with Crippen molar-refractivity contribution in [1.29, 1.82) is 0 Å². The topological polar surface area (TPSA) is 115 Å². The molecule has 1 aliphatic carbocycles. The van der Waals surface area contributed by atoms with Crippen molar-refractivity contribution >= 4 is 17.3 Å². The number of ketones is 1. The third kappa shape index (κ3) is 3.30. The molecule has 0 aromatic heterocycles. The summed E-state index contributed by atoms with van der Waals surface area (Å²) in [6, 6.07) is 14.9. The van der Waals surface area contributed by atoms with Crippen molar-refractivity contribution in [2.24, 2.45) is 0 Å². The highest BCUT2D eigenvalue weighted by Gasteiger charge is 2.43. The first-order valence-electron chi connectivity index (χ1n) is 8.07. The van der Waals surface area contributed by atoms with Gasteiger partial charge < -0.3 is 20.4 Å². The van der Waals surface area contributed by atoms with Gasteiger partial charge in [-0.3, -0.25) is 4.79 Å². The Labute approximate surface area is 149 Å². The second-order valence-electron chi connectivity index (χ2n) is 6.32. The van der Waals surface area contributed by atoms with Crippen molar-refractivity contribution in [2.45, 2.75) is 24.2 Å². The van der Waals surface area contributed by atoms with Crippen molar-refractivity contribution in [3.63, 3.8) is 0 Å². The third-order valence-electron chi connectivity index (χ3n) is 4.46. The zero-order chi connectivity index (χ0) is 18.9. The Morgan fingerprint density at radius 3 is 2.27 bits per heavy atom. The molecule has 134 valence electrons. The van der Waals surface area contributed by atoms with Crippen LogP contribution in [0, 0.1) is 0 Å². The molecule has 3 rings (SSSR count). The molecule has 2 aromatic carbocycles. The van der Waals surface area contributed by atoms with Crippen molar-refractivity contribution in [3.8, 4) is 0 Å². The maximum atomic E-state index is 12.6. The molecular formula is C20H18O6. The molecule has 0 radical (unpaired) electrons. The first kappa shape index (κ1) is 18.0. The summed E-state index contributed by atoms with van der Waals surface area (Å²) in [6.45, 7) is 0. The first-order chi connectivity index (χ1) is 12.3. The van der Waals surface area contributed by atoms with E-state index in [1.807, 2.05) is 0 Å². The normalized spacial score (nSPS) is 25.4. The lowest BCUT2D eigenvalue weighted by Gasteiger charge is -2.33. The summed E-state index contributed by atoms with van der Waals surface area (Å²) in [5.41, 5.74) is -1.02. The minimum Gasteiger partial charge on any atom is -0.479 e. The summed E-state index contributed by atoms with van der Waals surface area (Å²) in [5, 5.41) is 39.6. The number of benzene rings is 2. The molecule has 3 atom stereocenters. The van der Waals surface area contributed by atoms with Gasteiger partial charge in [0, 0.05) is 17.5 Å². The largest absolute Gasteiger partial charge is 0.479 e. The van der Waals surface area contributed by atoms with Gasteiger partial charge in [-0.1, -0.05) is 48.5 Å². The number of aliphatic carboxylic acids is 1. The zero-order valence-electron chi connectivity index (χ0n) is 13.7. The van der Waals surface area contributed by atoms with E-state index in [0.717, 1.165) is 6.08 Å². The van der Waals surface area contributed by atoms with Gasteiger partial charge in [0.15, 0.2) is 11.4 Å². The van der Waals surface area contributed by atoms with Crippen molar-refractivity contribution < 1.29 is 30.0 Å². The van der Waals surface area contributed by atoms with Gasteiger partial charge in [-0.25, -0.2) is 4.79 Å². The smallest absolute Gasteiger partial charge is 0.339 e. The Kier molecular flexibility index (Phi) is 4.73. The number of rotatable bonds is 4. The average Bonchev–Trinajstić information content (AvgIpc) is 2.65. The van der Waals surface area contributed by atoms with Crippen LogP contribution >= 0.6 is 0 Å². The van der Waals surface area contributed by atoms with Crippen LogP contribution in [-0.2, 0) is 4.79 Å². The summed E-state index contributed by atoms with van der Waals surface area (Å²) in [5.74, 6) is -1.75. The van der Waals surface area contributed by atoms with E-state index < -0.39 is 30.2 Å². The Morgan fingerprint density at radius 1 is 0.962 bits per heavy atom. The van der Waals surface area contributed by atoms with Crippen LogP contribution in [0.4, 0.5) is 0 Å². The van der Waals surface area contributed by atoms with E-state index in [1.54, 1.807) is 48.5 Å². The number of carbonyl (C=O) groups excluding carboxylic acids is 1. The summed E-state index contributed by atoms with van der Waals surface area (Å²) >= 11 is 0. The van der Waals surface area contributed by atoms with E-state index in [1.165, 1.54) is 6.07 Å². The molecular weight excluding hydrogens is 336 g/mol. The summed E-state index contributed by atoms with van der Waals surface area (Å²) in [4.78, 5) is 23.9. The fourth-order valence-electron chi connectivity index (χ4n) is 3.04. The molecule has 1 aliphatic rings. The molecule has 0 fully saturated rings. The van der Waals surface area contributed by atoms with E-state index in [0.29, 0.717) is 16.7 Å². The highest BCUT2D eigenvalue weighted by molar-refractivity contribution is 6.09. The first-order valence-corrected chi connectivity index (χ1v) is 8.07. The van der Waals surface area contributed by atoms with Crippen LogP contribution in [0.15, 0.2) is 60.7 Å². The Hall–Kier alpha value is -2.80. The number of aliphatic hydroxyl groups is 3. The molecule has 0 heterocycles. The van der Waals surface area contributed by atoms with Gasteiger partial charge >= 0.3 is 5.97 Å². The van der Waals surface area contributed by atoms with Gasteiger partial charge in [0.05, 0.1) is 6.10 Å². The number of carboxylic acids is 1. The standard InChI is InChI=1S/C20H18O6/c21-16-11-20(26,19(24)25)10-15(18(16)23)13-7-4-8-14(9-13)17(22)12-5-2-1-3-6-12/h1-10,16,18,21,23,26H,11H2,(H,24,25)/t16-,18-,20+/m1/s1. The van der Waals surface area contributed by atoms with Gasteiger partial charge in [0.25, 0.3) is 0 Å². The lowest BCUT2D eigenvalue weighted by molar-refractivity contribution is -0.157. The van der Waals surface area contributed by atoms with Crippen LogP contribution in [-0.4, -0.2) is 50.0 Å². The van der Waals surface area contributed by atoms with Crippen LogP contribution in [0.5, 0.6) is 0 Å². The molecule has 0 aliphatic heterocycles. The maximum absolute atomic E-state index is 12.6. The molecule has 26 heavy (non-hydrogen) atoms.